The summed E-state index contributed by atoms with van der Waals surface area (Å²) >= 11 is 0. The Hall–Kier alpha value is -4.10. The van der Waals surface area contributed by atoms with Gasteiger partial charge in [0.05, 0.1) is 0 Å². The maximum atomic E-state index is 14.8. The van der Waals surface area contributed by atoms with Gasteiger partial charge in [0, 0.05) is 17.5 Å². The highest BCUT2D eigenvalue weighted by molar-refractivity contribution is 5.86. The van der Waals surface area contributed by atoms with E-state index in [4.69, 9.17) is 4.74 Å². The fourth-order valence-corrected chi connectivity index (χ4v) is 4.48. The van der Waals surface area contributed by atoms with E-state index in [2.05, 4.69) is 4.74 Å². The minimum atomic E-state index is -5.95. The minimum Gasteiger partial charge on any atom is -0.488 e. The largest absolute Gasteiger partial charge is 0.488 e. The summed E-state index contributed by atoms with van der Waals surface area (Å²) in [5.41, 5.74) is -9.92. The van der Waals surface area contributed by atoms with Crippen molar-refractivity contribution in [3.05, 3.63) is 95.1 Å². The van der Waals surface area contributed by atoms with Gasteiger partial charge in [0.1, 0.15) is 17.1 Å². The number of hydrogen-bond donors (Lipinski definition) is 0. The number of rotatable bonds is 11. The highest BCUT2D eigenvalue weighted by Crippen LogP contribution is 2.56. The molecule has 0 spiro atoms. The van der Waals surface area contributed by atoms with Gasteiger partial charge in [-0.1, -0.05) is 62.4 Å². The summed E-state index contributed by atoms with van der Waals surface area (Å²) in [4.78, 5) is 23.8. The average molecular weight is 667 g/mol. The number of ether oxygens (including phenoxy) is 2. The van der Waals surface area contributed by atoms with Crippen LogP contribution >= 0.6 is 0 Å². The third-order valence-corrected chi connectivity index (χ3v) is 7.42. The predicted octanol–water partition coefficient (Wildman–Crippen LogP) is 9.43. The molecule has 0 aliphatic rings. The molecule has 0 amide bonds. The maximum absolute atomic E-state index is 14.8. The zero-order chi connectivity index (χ0) is 34.9. The van der Waals surface area contributed by atoms with E-state index in [1.54, 1.807) is 20.8 Å². The normalized spacial score (nSPS) is 13.3. The molecule has 0 aliphatic heterocycles. The van der Waals surface area contributed by atoms with Gasteiger partial charge in [0.2, 0.25) is 11.2 Å². The number of alkyl halides is 10. The number of Topliss-reactive ketones (excluding diaryl/α,β-unsaturated/α-hetero) is 1. The van der Waals surface area contributed by atoms with E-state index in [9.17, 15) is 53.5 Å². The first kappa shape index (κ1) is 36.4. The van der Waals surface area contributed by atoms with Crippen molar-refractivity contribution in [2.45, 2.75) is 75.8 Å². The van der Waals surface area contributed by atoms with Crippen LogP contribution in [0.4, 0.5) is 43.9 Å². The van der Waals surface area contributed by atoms with E-state index in [-0.39, 0.29) is 5.75 Å². The zero-order valence-electron chi connectivity index (χ0n) is 24.8. The molecule has 0 atom stereocenters. The zero-order valence-corrected chi connectivity index (χ0v) is 24.8. The van der Waals surface area contributed by atoms with Crippen molar-refractivity contribution < 1.29 is 63.0 Å². The number of halogens is 10. The molecular weight excluding hydrogens is 638 g/mol. The maximum Gasteiger partial charge on any atom is 0.411 e. The number of esters is 1. The summed E-state index contributed by atoms with van der Waals surface area (Å²) in [7, 11) is 0. The summed E-state index contributed by atoms with van der Waals surface area (Å²) in [6, 6.07) is 6.75. The molecule has 0 radical (unpaired) electrons. The van der Waals surface area contributed by atoms with Crippen LogP contribution in [0.2, 0.25) is 0 Å². The number of hydrogen-bond acceptors (Lipinski definition) is 4. The molecule has 46 heavy (non-hydrogen) atoms. The summed E-state index contributed by atoms with van der Waals surface area (Å²) in [6.07, 6.45) is -12.0. The first-order chi connectivity index (χ1) is 21.0. The molecule has 0 saturated carbocycles. The lowest BCUT2D eigenvalue weighted by molar-refractivity contribution is -0.288. The van der Waals surface area contributed by atoms with Crippen molar-refractivity contribution in [3.63, 3.8) is 0 Å². The van der Waals surface area contributed by atoms with Crippen molar-refractivity contribution in [2.24, 2.45) is 0 Å². The van der Waals surface area contributed by atoms with Crippen LogP contribution in [0.25, 0.3) is 0 Å². The third kappa shape index (κ3) is 6.85. The molecule has 0 N–H and O–H groups in total. The lowest BCUT2D eigenvalue weighted by atomic mass is 9.73. The lowest BCUT2D eigenvalue weighted by Gasteiger charge is -2.38. The Bertz CT molecular complexity index is 1510. The summed E-state index contributed by atoms with van der Waals surface area (Å²) in [5.74, 6) is -13.0. The van der Waals surface area contributed by atoms with Crippen LogP contribution in [0.3, 0.4) is 0 Å². The number of carbonyl (C=O) groups is 2. The van der Waals surface area contributed by atoms with E-state index < -0.39 is 81.4 Å². The Morgan fingerprint density at radius 2 is 0.935 bits per heavy atom. The Labute approximate surface area is 257 Å². The van der Waals surface area contributed by atoms with Gasteiger partial charge in [0.15, 0.2) is 0 Å². The van der Waals surface area contributed by atoms with Crippen LogP contribution in [0.1, 0.15) is 62.8 Å². The molecule has 0 fully saturated rings. The van der Waals surface area contributed by atoms with Gasteiger partial charge in [-0.2, -0.15) is 43.9 Å². The summed E-state index contributed by atoms with van der Waals surface area (Å²) in [5, 5.41) is 0. The third-order valence-electron chi connectivity index (χ3n) is 7.42. The molecule has 4 nitrogen and oxygen atoms in total. The standard InChI is InChI=1S/C32H28F10O4/c1-5-25(43)29(33,34)21-7-9-22(10-8-21)30(35,36)26(44)45-23-15-11-19(12-16-23)28(31(37,38)39,32(40,41)42)20-13-17-24(18-14-20)46-27(3,4)6-2/h7-18H,5-6H2,1-4H3. The molecule has 0 heterocycles. The second-order valence-corrected chi connectivity index (χ2v) is 10.9. The fraction of sp³-hybridized carbons (Fsp3) is 0.375. The topological polar surface area (TPSA) is 52.6 Å². The van der Waals surface area contributed by atoms with Crippen LogP contribution in [0, 0.1) is 0 Å². The SMILES string of the molecule is CCC(=O)C(F)(F)c1ccc(C(F)(F)C(=O)Oc2ccc(C(c3ccc(OC(C)(C)CC)cc3)(C(F)(F)F)C(F)(F)F)cc2)cc1. The number of carbonyl (C=O) groups excluding carboxylic acids is 2. The van der Waals surface area contributed by atoms with Gasteiger partial charge in [-0.3, -0.25) is 4.79 Å². The van der Waals surface area contributed by atoms with E-state index in [0.29, 0.717) is 67.1 Å². The minimum absolute atomic E-state index is 0.0230. The van der Waals surface area contributed by atoms with Crippen LogP contribution < -0.4 is 9.47 Å². The Balaban J connectivity index is 1.95. The molecular formula is C32H28F10O4. The quantitative estimate of drug-likeness (QED) is 0.116. The average Bonchev–Trinajstić information content (AvgIpc) is 2.97. The molecule has 3 aromatic rings. The van der Waals surface area contributed by atoms with Crippen molar-refractivity contribution in [1.29, 1.82) is 0 Å². The molecule has 14 heteroatoms. The molecule has 0 unspecified atom stereocenters. The first-order valence-electron chi connectivity index (χ1n) is 13.7. The molecule has 0 aromatic heterocycles. The Kier molecular flexibility index (Phi) is 9.96. The van der Waals surface area contributed by atoms with Crippen molar-refractivity contribution in [1.82, 2.24) is 0 Å². The smallest absolute Gasteiger partial charge is 0.411 e. The van der Waals surface area contributed by atoms with Crippen molar-refractivity contribution in [2.75, 3.05) is 0 Å². The summed E-state index contributed by atoms with van der Waals surface area (Å²) < 4.78 is 155. The second-order valence-electron chi connectivity index (χ2n) is 10.9. The van der Waals surface area contributed by atoms with Gasteiger partial charge in [-0.25, -0.2) is 4.79 Å². The lowest BCUT2D eigenvalue weighted by Crippen LogP contribution is -2.54. The van der Waals surface area contributed by atoms with Crippen LogP contribution in [0.15, 0.2) is 72.8 Å². The van der Waals surface area contributed by atoms with E-state index >= 15 is 0 Å². The second kappa shape index (κ2) is 12.6. The predicted molar refractivity (Wildman–Crippen MR) is 146 cm³/mol. The fourth-order valence-electron chi connectivity index (χ4n) is 4.48. The van der Waals surface area contributed by atoms with Crippen molar-refractivity contribution in [3.8, 4) is 11.5 Å². The van der Waals surface area contributed by atoms with E-state index in [1.165, 1.54) is 6.92 Å². The Morgan fingerprint density at radius 3 is 1.30 bits per heavy atom. The van der Waals surface area contributed by atoms with Crippen LogP contribution in [-0.2, 0) is 26.8 Å². The first-order valence-corrected chi connectivity index (χ1v) is 13.7. The summed E-state index contributed by atoms with van der Waals surface area (Å²) in [6.45, 7) is 6.30. The van der Waals surface area contributed by atoms with Gasteiger partial charge in [0.25, 0.3) is 0 Å². The number of benzene rings is 3. The molecule has 250 valence electrons. The van der Waals surface area contributed by atoms with Gasteiger partial charge >= 0.3 is 30.2 Å². The molecule has 3 aromatic carbocycles. The molecule has 0 aliphatic carbocycles. The monoisotopic (exact) mass is 666 g/mol. The van der Waals surface area contributed by atoms with Gasteiger partial charge in [-0.05, 0) is 55.7 Å². The van der Waals surface area contributed by atoms with Crippen molar-refractivity contribution >= 4 is 11.8 Å². The number of ketones is 1. The molecule has 0 saturated heterocycles. The highest BCUT2D eigenvalue weighted by atomic mass is 19.4. The van der Waals surface area contributed by atoms with Gasteiger partial charge in [-0.15, -0.1) is 0 Å². The molecule has 3 rings (SSSR count). The Morgan fingerprint density at radius 1 is 0.565 bits per heavy atom. The van der Waals surface area contributed by atoms with E-state index in [1.807, 2.05) is 0 Å². The van der Waals surface area contributed by atoms with E-state index in [0.717, 1.165) is 12.1 Å². The van der Waals surface area contributed by atoms with Crippen LogP contribution in [0.5, 0.6) is 11.5 Å². The highest BCUT2D eigenvalue weighted by Gasteiger charge is 2.72. The molecule has 0 bridgehead atoms. The van der Waals surface area contributed by atoms with Crippen LogP contribution in [-0.4, -0.2) is 29.7 Å². The van der Waals surface area contributed by atoms with Gasteiger partial charge < -0.3 is 9.47 Å².